The molecule has 1 heterocycles. The van der Waals surface area contributed by atoms with E-state index in [-0.39, 0.29) is 23.7 Å². The van der Waals surface area contributed by atoms with E-state index in [1.807, 2.05) is 38.1 Å². The van der Waals surface area contributed by atoms with Crippen molar-refractivity contribution in [3.8, 4) is 5.75 Å². The lowest BCUT2D eigenvalue weighted by Gasteiger charge is -2.25. The first kappa shape index (κ1) is 14.2. The predicted octanol–water partition coefficient (Wildman–Crippen LogP) is 2.46. The first-order valence-electron chi connectivity index (χ1n) is 6.69. The highest BCUT2D eigenvalue weighted by Crippen LogP contribution is 2.27. The molecule has 1 N–H and O–H groups in total. The fourth-order valence-electron chi connectivity index (χ4n) is 2.20. The number of benzene rings is 1. The Labute approximate surface area is 115 Å². The summed E-state index contributed by atoms with van der Waals surface area (Å²) in [6.07, 6.45) is 1.45. The third kappa shape index (κ3) is 4.13. The van der Waals surface area contributed by atoms with E-state index in [2.05, 4.69) is 5.32 Å². The fraction of sp³-hybridized carbons (Fsp3) is 0.571. The molecule has 0 atom stereocenters. The third-order valence-electron chi connectivity index (χ3n) is 3.16. The van der Waals surface area contributed by atoms with Crippen molar-refractivity contribution in [1.29, 1.82) is 0 Å². The van der Waals surface area contributed by atoms with Crippen LogP contribution >= 0.6 is 0 Å². The zero-order chi connectivity index (χ0) is 13.9. The van der Waals surface area contributed by atoms with Crippen molar-refractivity contribution >= 4 is 15.5 Å². The maximum absolute atomic E-state index is 11.4. The van der Waals surface area contributed by atoms with Gasteiger partial charge < -0.3 is 10.1 Å². The van der Waals surface area contributed by atoms with E-state index in [0.29, 0.717) is 12.8 Å². The van der Waals surface area contributed by atoms with Crippen LogP contribution in [0.5, 0.6) is 5.75 Å². The van der Waals surface area contributed by atoms with Crippen molar-refractivity contribution in [1.82, 2.24) is 0 Å². The van der Waals surface area contributed by atoms with Crippen molar-refractivity contribution in [2.45, 2.75) is 38.8 Å². The van der Waals surface area contributed by atoms with Crippen molar-refractivity contribution in [2.75, 3.05) is 16.8 Å². The van der Waals surface area contributed by atoms with Crippen LogP contribution in [0.2, 0.25) is 0 Å². The zero-order valence-corrected chi connectivity index (χ0v) is 12.2. The molecule has 0 spiro atoms. The number of nitrogens with one attached hydrogen (secondary N) is 1. The van der Waals surface area contributed by atoms with Crippen LogP contribution in [0.25, 0.3) is 0 Å². The zero-order valence-electron chi connectivity index (χ0n) is 11.4. The van der Waals surface area contributed by atoms with Crippen molar-refractivity contribution in [3.05, 3.63) is 24.3 Å². The van der Waals surface area contributed by atoms with Gasteiger partial charge in [-0.1, -0.05) is 12.1 Å². The number of sulfone groups is 1. The highest BCUT2D eigenvalue weighted by molar-refractivity contribution is 7.91. The molecule has 0 bridgehead atoms. The molecule has 1 aromatic carbocycles. The Hall–Kier alpha value is -1.23. The molecule has 19 heavy (non-hydrogen) atoms. The summed E-state index contributed by atoms with van der Waals surface area (Å²) in [5.41, 5.74) is 0.945. The van der Waals surface area contributed by atoms with E-state index in [1.54, 1.807) is 0 Å². The molecular formula is C14H21NO3S. The molecule has 2 rings (SSSR count). The molecule has 0 amide bonds. The highest BCUT2D eigenvalue weighted by atomic mass is 32.2. The molecule has 1 aromatic rings. The standard InChI is InChI=1S/C14H21NO3S/c1-11(2)18-14-6-4-3-5-13(14)15-12-7-9-19(16,17)10-8-12/h3-6,11-12,15H,7-10H2,1-2H3. The van der Waals surface area contributed by atoms with Gasteiger partial charge in [0.1, 0.15) is 15.6 Å². The number of rotatable bonds is 4. The van der Waals surface area contributed by atoms with Gasteiger partial charge >= 0.3 is 0 Å². The minimum atomic E-state index is -2.81. The number of hydrogen-bond donors (Lipinski definition) is 1. The smallest absolute Gasteiger partial charge is 0.150 e. The average Bonchev–Trinajstić information content (AvgIpc) is 2.33. The Bertz CT molecular complexity index is 511. The largest absolute Gasteiger partial charge is 0.489 e. The molecule has 0 radical (unpaired) electrons. The lowest BCUT2D eigenvalue weighted by molar-refractivity contribution is 0.243. The molecule has 1 fully saturated rings. The van der Waals surface area contributed by atoms with Crippen LogP contribution in [-0.2, 0) is 9.84 Å². The topological polar surface area (TPSA) is 55.4 Å². The Morgan fingerprint density at radius 3 is 2.47 bits per heavy atom. The molecule has 0 saturated carbocycles. The number of hydrogen-bond acceptors (Lipinski definition) is 4. The lowest BCUT2D eigenvalue weighted by atomic mass is 10.1. The summed E-state index contributed by atoms with van der Waals surface area (Å²) in [5.74, 6) is 1.38. The number of ether oxygens (including phenoxy) is 1. The quantitative estimate of drug-likeness (QED) is 0.922. The second-order valence-electron chi connectivity index (χ2n) is 5.23. The molecule has 106 valence electrons. The number of para-hydroxylation sites is 2. The van der Waals surface area contributed by atoms with Crippen LogP contribution in [0.15, 0.2) is 24.3 Å². The molecule has 0 aliphatic carbocycles. The summed E-state index contributed by atoms with van der Waals surface area (Å²) in [7, 11) is -2.81. The monoisotopic (exact) mass is 283 g/mol. The van der Waals surface area contributed by atoms with Gasteiger partial charge in [-0.3, -0.25) is 0 Å². The molecule has 1 aliphatic rings. The molecule has 4 nitrogen and oxygen atoms in total. The summed E-state index contributed by atoms with van der Waals surface area (Å²) >= 11 is 0. The minimum absolute atomic E-state index is 0.120. The summed E-state index contributed by atoms with van der Waals surface area (Å²) in [6, 6.07) is 8.01. The summed E-state index contributed by atoms with van der Waals surface area (Å²) in [4.78, 5) is 0. The molecule has 5 heteroatoms. The van der Waals surface area contributed by atoms with Crippen LogP contribution in [-0.4, -0.2) is 32.1 Å². The normalized spacial score (nSPS) is 19.3. The molecule has 0 aromatic heterocycles. The van der Waals surface area contributed by atoms with Gasteiger partial charge in [-0.15, -0.1) is 0 Å². The van der Waals surface area contributed by atoms with Crippen molar-refractivity contribution in [3.63, 3.8) is 0 Å². The first-order valence-corrected chi connectivity index (χ1v) is 8.51. The summed E-state index contributed by atoms with van der Waals surface area (Å²) < 4.78 is 28.6. The van der Waals surface area contributed by atoms with Gasteiger partial charge in [-0.25, -0.2) is 8.42 Å². The van der Waals surface area contributed by atoms with Gasteiger partial charge in [0.15, 0.2) is 0 Å². The van der Waals surface area contributed by atoms with Gasteiger partial charge in [0.05, 0.1) is 23.3 Å². The number of anilines is 1. The molecule has 0 unspecified atom stereocenters. The fourth-order valence-corrected chi connectivity index (χ4v) is 3.69. The molecule has 1 saturated heterocycles. The van der Waals surface area contributed by atoms with Crippen molar-refractivity contribution < 1.29 is 13.2 Å². The molecule has 1 aliphatic heterocycles. The Morgan fingerprint density at radius 2 is 1.84 bits per heavy atom. The maximum Gasteiger partial charge on any atom is 0.150 e. The van der Waals surface area contributed by atoms with Gasteiger partial charge in [0.2, 0.25) is 0 Å². The van der Waals surface area contributed by atoms with Gasteiger partial charge in [0.25, 0.3) is 0 Å². The lowest BCUT2D eigenvalue weighted by Crippen LogP contribution is -2.32. The second kappa shape index (κ2) is 5.82. The van der Waals surface area contributed by atoms with Gasteiger partial charge in [0, 0.05) is 6.04 Å². The molecular weight excluding hydrogens is 262 g/mol. The van der Waals surface area contributed by atoms with Crippen LogP contribution < -0.4 is 10.1 Å². The van der Waals surface area contributed by atoms with Crippen LogP contribution in [0, 0.1) is 0 Å². The van der Waals surface area contributed by atoms with E-state index in [9.17, 15) is 8.42 Å². The highest BCUT2D eigenvalue weighted by Gasteiger charge is 2.24. The SMILES string of the molecule is CC(C)Oc1ccccc1NC1CCS(=O)(=O)CC1. The maximum atomic E-state index is 11.4. The Balaban J connectivity index is 2.03. The van der Waals surface area contributed by atoms with E-state index in [1.165, 1.54) is 0 Å². The predicted molar refractivity (Wildman–Crippen MR) is 77.5 cm³/mol. The third-order valence-corrected chi connectivity index (χ3v) is 4.88. The summed E-state index contributed by atoms with van der Waals surface area (Å²) in [5, 5.41) is 3.40. The van der Waals surface area contributed by atoms with E-state index < -0.39 is 9.84 Å². The van der Waals surface area contributed by atoms with E-state index in [0.717, 1.165) is 11.4 Å². The Kier molecular flexibility index (Phi) is 4.34. The average molecular weight is 283 g/mol. The van der Waals surface area contributed by atoms with Gasteiger partial charge in [-0.05, 0) is 38.8 Å². The second-order valence-corrected chi connectivity index (χ2v) is 7.54. The van der Waals surface area contributed by atoms with Crippen molar-refractivity contribution in [2.24, 2.45) is 0 Å². The minimum Gasteiger partial charge on any atom is -0.489 e. The summed E-state index contributed by atoms with van der Waals surface area (Å²) in [6.45, 7) is 3.98. The first-order chi connectivity index (χ1) is 8.96. The Morgan fingerprint density at radius 1 is 1.21 bits per heavy atom. The van der Waals surface area contributed by atoms with E-state index >= 15 is 0 Å². The van der Waals surface area contributed by atoms with Crippen LogP contribution in [0.4, 0.5) is 5.69 Å². The van der Waals surface area contributed by atoms with Crippen LogP contribution in [0.1, 0.15) is 26.7 Å². The van der Waals surface area contributed by atoms with E-state index in [4.69, 9.17) is 4.74 Å². The van der Waals surface area contributed by atoms with Crippen LogP contribution in [0.3, 0.4) is 0 Å². The van der Waals surface area contributed by atoms with Gasteiger partial charge in [-0.2, -0.15) is 0 Å².